The Kier molecular flexibility index (Phi) is 9.26. The molecule has 148 valence electrons. The standard InChI is InChI=1S/C21H28FN2O2.ClH/c1-4-23(20-9-7-6-8-10-20)15-16-24(3,21(25)26-5-2)17-18-11-13-19(22)14-12-18;/h6-14H,4-5,15-17H2,1-3H3;1H/q+1;/p-1. The zero-order valence-corrected chi connectivity index (χ0v) is 17.0. The first-order valence-corrected chi connectivity index (χ1v) is 9.05. The molecule has 0 aliphatic heterocycles. The van der Waals surface area contributed by atoms with Gasteiger partial charge in [0.25, 0.3) is 0 Å². The Labute approximate surface area is 167 Å². The van der Waals surface area contributed by atoms with Crippen molar-refractivity contribution in [2.75, 3.05) is 38.2 Å². The van der Waals surface area contributed by atoms with Gasteiger partial charge in [-0.3, -0.25) is 0 Å². The van der Waals surface area contributed by atoms with E-state index in [2.05, 4.69) is 24.0 Å². The number of para-hydroxylation sites is 1. The molecule has 0 bridgehead atoms. The maximum atomic E-state index is 13.2. The van der Waals surface area contributed by atoms with Gasteiger partial charge in [0.15, 0.2) is 0 Å². The van der Waals surface area contributed by atoms with Crippen LogP contribution in [0.5, 0.6) is 0 Å². The van der Waals surface area contributed by atoms with E-state index in [4.69, 9.17) is 4.74 Å². The van der Waals surface area contributed by atoms with Crippen LogP contribution >= 0.6 is 0 Å². The number of quaternary nitrogens is 1. The number of rotatable bonds is 8. The van der Waals surface area contributed by atoms with Crippen LogP contribution in [-0.2, 0) is 11.3 Å². The van der Waals surface area contributed by atoms with Crippen molar-refractivity contribution >= 4 is 11.8 Å². The van der Waals surface area contributed by atoms with Crippen molar-refractivity contribution in [3.05, 3.63) is 66.0 Å². The van der Waals surface area contributed by atoms with E-state index in [0.717, 1.165) is 24.3 Å². The van der Waals surface area contributed by atoms with Gasteiger partial charge < -0.3 is 22.0 Å². The van der Waals surface area contributed by atoms with Crippen LogP contribution in [-0.4, -0.2) is 43.9 Å². The third-order valence-electron chi connectivity index (χ3n) is 4.52. The number of ether oxygens (including phenoxy) is 1. The molecule has 4 nitrogen and oxygen atoms in total. The Bertz CT molecular complexity index is 697. The molecule has 2 aromatic rings. The van der Waals surface area contributed by atoms with Crippen molar-refractivity contribution in [1.29, 1.82) is 0 Å². The summed E-state index contributed by atoms with van der Waals surface area (Å²) in [6, 6.07) is 16.4. The van der Waals surface area contributed by atoms with E-state index in [1.54, 1.807) is 12.1 Å². The molecule has 0 saturated carbocycles. The molecule has 1 unspecified atom stereocenters. The topological polar surface area (TPSA) is 29.5 Å². The summed E-state index contributed by atoms with van der Waals surface area (Å²) >= 11 is 0. The molecule has 2 aromatic carbocycles. The Morgan fingerprint density at radius 1 is 1.07 bits per heavy atom. The smallest absolute Gasteiger partial charge is 0.516 e. The van der Waals surface area contributed by atoms with Crippen LogP contribution in [0.25, 0.3) is 0 Å². The molecule has 0 aromatic heterocycles. The number of benzene rings is 2. The van der Waals surface area contributed by atoms with Gasteiger partial charge in [-0.25, -0.2) is 8.87 Å². The molecule has 0 fully saturated rings. The number of carbonyl (C=O) groups is 1. The van der Waals surface area contributed by atoms with E-state index >= 15 is 0 Å². The van der Waals surface area contributed by atoms with Crippen LogP contribution in [0, 0.1) is 5.82 Å². The first-order chi connectivity index (χ1) is 12.5. The largest absolute Gasteiger partial charge is 1.00 e. The van der Waals surface area contributed by atoms with Crippen LogP contribution in [0.15, 0.2) is 54.6 Å². The number of halogens is 2. The van der Waals surface area contributed by atoms with E-state index in [1.165, 1.54) is 12.1 Å². The highest BCUT2D eigenvalue weighted by Crippen LogP contribution is 2.18. The zero-order chi connectivity index (χ0) is 19.0. The van der Waals surface area contributed by atoms with Crippen molar-refractivity contribution in [2.45, 2.75) is 20.4 Å². The second-order valence-electron chi connectivity index (χ2n) is 6.52. The maximum absolute atomic E-state index is 13.2. The fraction of sp³-hybridized carbons (Fsp3) is 0.381. The summed E-state index contributed by atoms with van der Waals surface area (Å²) in [5, 5.41) is 0. The number of carbonyl (C=O) groups excluding carboxylic acids is 1. The van der Waals surface area contributed by atoms with Crippen LogP contribution in [0.4, 0.5) is 14.9 Å². The quantitative estimate of drug-likeness (QED) is 0.635. The molecule has 0 saturated heterocycles. The fourth-order valence-electron chi connectivity index (χ4n) is 2.96. The molecule has 27 heavy (non-hydrogen) atoms. The second kappa shape index (κ2) is 10.9. The molecule has 1 amide bonds. The maximum Gasteiger partial charge on any atom is 0.516 e. The minimum absolute atomic E-state index is 0. The highest BCUT2D eigenvalue weighted by atomic mass is 35.5. The summed E-state index contributed by atoms with van der Waals surface area (Å²) in [7, 11) is 1.88. The molecule has 6 heteroatoms. The molecular weight excluding hydrogens is 367 g/mol. The first kappa shape index (κ1) is 22.9. The molecule has 0 N–H and O–H groups in total. The SMILES string of the molecule is CCOC(=O)[N+](C)(CCN(CC)c1ccccc1)Cc1ccc(F)cc1.[Cl-]. The lowest BCUT2D eigenvalue weighted by Gasteiger charge is -2.33. The Balaban J connectivity index is 0.00000364. The highest BCUT2D eigenvalue weighted by molar-refractivity contribution is 5.59. The summed E-state index contributed by atoms with van der Waals surface area (Å²) in [6.45, 7) is 6.88. The van der Waals surface area contributed by atoms with E-state index < -0.39 is 0 Å². The van der Waals surface area contributed by atoms with E-state index in [1.807, 2.05) is 32.2 Å². The van der Waals surface area contributed by atoms with Gasteiger partial charge in [-0.2, -0.15) is 4.79 Å². The number of likely N-dealkylation sites (N-methyl/N-ethyl adjacent to an activating group) is 2. The minimum atomic E-state index is -0.277. The minimum Gasteiger partial charge on any atom is -1.00 e. The fourth-order valence-corrected chi connectivity index (χ4v) is 2.96. The van der Waals surface area contributed by atoms with E-state index in [-0.39, 0.29) is 28.8 Å². The number of amides is 1. The summed E-state index contributed by atoms with van der Waals surface area (Å²) in [5.74, 6) is -0.277. The molecule has 0 spiro atoms. The van der Waals surface area contributed by atoms with Gasteiger partial charge in [-0.1, -0.05) is 30.3 Å². The molecule has 2 rings (SSSR count). The number of hydrogen-bond donors (Lipinski definition) is 0. The van der Waals surface area contributed by atoms with Crippen LogP contribution in [0.2, 0.25) is 0 Å². The van der Waals surface area contributed by atoms with Crippen molar-refractivity contribution in [3.63, 3.8) is 0 Å². The highest BCUT2D eigenvalue weighted by Gasteiger charge is 2.34. The van der Waals surface area contributed by atoms with Crippen molar-refractivity contribution < 1.29 is 30.8 Å². The summed E-state index contributed by atoms with van der Waals surface area (Å²) < 4.78 is 18.6. The molecule has 0 radical (unpaired) electrons. The lowest BCUT2D eigenvalue weighted by atomic mass is 10.2. The average molecular weight is 395 g/mol. The van der Waals surface area contributed by atoms with Crippen molar-refractivity contribution in [3.8, 4) is 0 Å². The molecular formula is C21H28ClFN2O2. The molecule has 0 aliphatic rings. The monoisotopic (exact) mass is 394 g/mol. The van der Waals surface area contributed by atoms with Gasteiger partial charge in [-0.05, 0) is 38.1 Å². The lowest BCUT2D eigenvalue weighted by Crippen LogP contribution is -3.00. The Morgan fingerprint density at radius 2 is 1.70 bits per heavy atom. The molecule has 0 aliphatic carbocycles. The van der Waals surface area contributed by atoms with Gasteiger partial charge >= 0.3 is 6.09 Å². The summed E-state index contributed by atoms with van der Waals surface area (Å²) in [5.41, 5.74) is 2.04. The Hall–Kier alpha value is -2.11. The van der Waals surface area contributed by atoms with Gasteiger partial charge in [0.2, 0.25) is 0 Å². The number of nitrogens with zero attached hydrogens (tertiary/aromatic N) is 2. The molecule has 1 atom stereocenters. The first-order valence-electron chi connectivity index (χ1n) is 9.05. The van der Waals surface area contributed by atoms with E-state index in [9.17, 15) is 9.18 Å². The van der Waals surface area contributed by atoms with Gasteiger partial charge in [-0.15, -0.1) is 0 Å². The summed E-state index contributed by atoms with van der Waals surface area (Å²) in [4.78, 5) is 14.9. The normalized spacial score (nSPS) is 12.6. The van der Waals surface area contributed by atoms with Gasteiger partial charge in [0.05, 0.1) is 20.2 Å². The van der Waals surface area contributed by atoms with Gasteiger partial charge in [0, 0.05) is 17.8 Å². The summed E-state index contributed by atoms with van der Waals surface area (Å²) in [6.07, 6.45) is -0.263. The predicted molar refractivity (Wildman–Crippen MR) is 103 cm³/mol. The number of hydrogen-bond acceptors (Lipinski definition) is 3. The average Bonchev–Trinajstić information content (AvgIpc) is 2.65. The van der Waals surface area contributed by atoms with Crippen LogP contribution in [0.1, 0.15) is 19.4 Å². The third kappa shape index (κ3) is 6.52. The predicted octanol–water partition coefficient (Wildman–Crippen LogP) is 1.46. The molecule has 0 heterocycles. The van der Waals surface area contributed by atoms with Crippen LogP contribution in [0.3, 0.4) is 0 Å². The van der Waals surface area contributed by atoms with Crippen LogP contribution < -0.4 is 17.3 Å². The second-order valence-corrected chi connectivity index (χ2v) is 6.52. The van der Waals surface area contributed by atoms with Gasteiger partial charge in [0.1, 0.15) is 18.9 Å². The van der Waals surface area contributed by atoms with Crippen molar-refractivity contribution in [1.82, 2.24) is 0 Å². The lowest BCUT2D eigenvalue weighted by molar-refractivity contribution is -0.850. The third-order valence-corrected chi connectivity index (χ3v) is 4.52. The van der Waals surface area contributed by atoms with Crippen molar-refractivity contribution in [2.24, 2.45) is 0 Å². The Morgan fingerprint density at radius 3 is 2.26 bits per heavy atom. The zero-order valence-electron chi connectivity index (χ0n) is 16.2. The van der Waals surface area contributed by atoms with E-state index in [0.29, 0.717) is 19.7 Å². The number of anilines is 1.